The highest BCUT2D eigenvalue weighted by Crippen LogP contribution is 2.37. The second-order valence-electron chi connectivity index (χ2n) is 11.5. The van der Waals surface area contributed by atoms with Crippen molar-refractivity contribution in [2.45, 2.75) is 31.3 Å². The van der Waals surface area contributed by atoms with Gasteiger partial charge in [-0.25, -0.2) is 19.0 Å². The van der Waals surface area contributed by atoms with Gasteiger partial charge in [0.2, 0.25) is 0 Å². The molecule has 11 nitrogen and oxygen atoms in total. The third-order valence-corrected chi connectivity index (χ3v) is 9.60. The molecule has 0 saturated carbocycles. The van der Waals surface area contributed by atoms with Crippen molar-refractivity contribution in [3.05, 3.63) is 92.3 Å². The molecule has 1 aromatic heterocycles. The van der Waals surface area contributed by atoms with Crippen LogP contribution < -0.4 is 10.2 Å². The van der Waals surface area contributed by atoms with Crippen molar-refractivity contribution in [2.24, 2.45) is 4.99 Å². The Balaban J connectivity index is 1.24. The fourth-order valence-electron chi connectivity index (χ4n) is 6.19. The fraction of sp³-hybridized carbons (Fsp3) is 0.344. The molecule has 0 radical (unpaired) electrons. The summed E-state index contributed by atoms with van der Waals surface area (Å²) < 4.78 is 19.2. The van der Waals surface area contributed by atoms with E-state index in [9.17, 15) is 18.8 Å². The van der Waals surface area contributed by atoms with Gasteiger partial charge in [0.05, 0.1) is 25.1 Å². The number of thiazole rings is 1. The minimum atomic E-state index is -0.860. The van der Waals surface area contributed by atoms with Gasteiger partial charge in [0.1, 0.15) is 11.9 Å². The number of halogens is 2. The number of aliphatic carboxylic acids is 1. The largest absolute Gasteiger partial charge is 0.481 e. The number of hydrogen-bond donors (Lipinski definition) is 2. The standard InChI is InChI=1S/C32H32ClFN6O5S/c1-18(13-26(41)42)19-3-6-21(7-4-19)40-16-22-15-38(10-11-39(22)32(40)44)17-25-27(31(43)45-2)28(23-8-5-20(34)14-24(23)33)37-29(36-25)30-35-9-12-46-30/h3-9,12,14,18,22,28H,10-11,13,15-17H2,1-2H3,(H,36,37)(H,41,42)/t18-,22+,28+/m1/s1. The number of rotatable bonds is 9. The highest BCUT2D eigenvalue weighted by atomic mass is 35.5. The lowest BCUT2D eigenvalue weighted by Gasteiger charge is -2.38. The number of methoxy groups -OCH3 is 1. The Kier molecular flexibility index (Phi) is 9.07. The average molecular weight is 667 g/mol. The van der Waals surface area contributed by atoms with Gasteiger partial charge in [0.15, 0.2) is 10.8 Å². The van der Waals surface area contributed by atoms with Crippen LogP contribution in [0.5, 0.6) is 0 Å². The molecule has 3 atom stereocenters. The van der Waals surface area contributed by atoms with E-state index in [0.29, 0.717) is 54.8 Å². The first-order valence-electron chi connectivity index (χ1n) is 14.8. The number of aromatic nitrogens is 1. The van der Waals surface area contributed by atoms with Gasteiger partial charge in [0.25, 0.3) is 0 Å². The molecule has 3 aliphatic rings. The van der Waals surface area contributed by atoms with Crippen molar-refractivity contribution < 1.29 is 28.6 Å². The van der Waals surface area contributed by atoms with Crippen LogP contribution in [-0.4, -0.2) is 89.6 Å². The van der Waals surface area contributed by atoms with Crippen LogP contribution in [0, 0.1) is 5.82 Å². The molecular weight excluding hydrogens is 635 g/mol. The molecular formula is C32H32ClFN6O5S. The number of anilines is 1. The third kappa shape index (κ3) is 6.35. The number of esters is 1. The van der Waals surface area contributed by atoms with E-state index < -0.39 is 23.8 Å². The molecule has 2 aromatic carbocycles. The predicted octanol–water partition coefficient (Wildman–Crippen LogP) is 4.66. The van der Waals surface area contributed by atoms with Crippen LogP contribution in [0.2, 0.25) is 5.02 Å². The molecule has 0 unspecified atom stereocenters. The number of hydrogen-bond acceptors (Lipinski definition) is 9. The quantitative estimate of drug-likeness (QED) is 0.316. The lowest BCUT2D eigenvalue weighted by molar-refractivity contribution is -0.138. The van der Waals surface area contributed by atoms with Crippen molar-refractivity contribution >= 4 is 52.4 Å². The summed E-state index contributed by atoms with van der Waals surface area (Å²) in [7, 11) is 1.30. The van der Waals surface area contributed by atoms with Crippen LogP contribution in [-0.2, 0) is 14.3 Å². The topological polar surface area (TPSA) is 128 Å². The van der Waals surface area contributed by atoms with E-state index in [-0.39, 0.29) is 35.0 Å². The van der Waals surface area contributed by atoms with Crippen LogP contribution in [0.1, 0.15) is 41.4 Å². The van der Waals surface area contributed by atoms with Gasteiger partial charge in [-0.15, -0.1) is 11.3 Å². The summed E-state index contributed by atoms with van der Waals surface area (Å²) in [6.45, 7) is 4.29. The first-order valence-corrected chi connectivity index (χ1v) is 16.0. The summed E-state index contributed by atoms with van der Waals surface area (Å²) in [5, 5.41) is 15.0. The minimum Gasteiger partial charge on any atom is -0.481 e. The Labute approximate surface area is 273 Å². The monoisotopic (exact) mass is 666 g/mol. The molecule has 6 rings (SSSR count). The number of aliphatic imine (C=N–C) groups is 1. The van der Waals surface area contributed by atoms with Crippen LogP contribution >= 0.6 is 22.9 Å². The first kappa shape index (κ1) is 31.6. The molecule has 3 aromatic rings. The van der Waals surface area contributed by atoms with E-state index in [0.717, 1.165) is 11.3 Å². The number of urea groups is 1. The van der Waals surface area contributed by atoms with Crippen molar-refractivity contribution in [1.29, 1.82) is 0 Å². The summed E-state index contributed by atoms with van der Waals surface area (Å²) in [4.78, 5) is 52.8. The number of piperazine rings is 1. The number of nitrogens with zero attached hydrogens (tertiary/aromatic N) is 5. The molecule has 2 fully saturated rings. The fourth-order valence-corrected chi connectivity index (χ4v) is 7.04. The molecule has 14 heteroatoms. The van der Waals surface area contributed by atoms with Gasteiger partial charge < -0.3 is 20.1 Å². The first-order chi connectivity index (χ1) is 22.1. The van der Waals surface area contributed by atoms with E-state index in [1.807, 2.05) is 41.5 Å². The SMILES string of the molecule is COC(=O)C1=C(CN2CCN3C(=O)N(c4ccc([C@H](C)CC(=O)O)cc4)C[C@@H]3C2)NC(c2nccs2)=N[C@H]1c1ccc(F)cc1Cl. The van der Waals surface area contributed by atoms with Crippen molar-refractivity contribution in [3.8, 4) is 0 Å². The third-order valence-electron chi connectivity index (χ3n) is 8.50. The maximum absolute atomic E-state index is 14.0. The lowest BCUT2D eigenvalue weighted by Crippen LogP contribution is -2.53. The second-order valence-corrected chi connectivity index (χ2v) is 12.8. The smallest absolute Gasteiger partial charge is 0.338 e. The Morgan fingerprint density at radius 2 is 1.98 bits per heavy atom. The van der Waals surface area contributed by atoms with E-state index in [4.69, 9.17) is 26.4 Å². The second kappa shape index (κ2) is 13.2. The lowest BCUT2D eigenvalue weighted by atomic mass is 9.95. The number of benzene rings is 2. The van der Waals surface area contributed by atoms with Gasteiger partial charge in [0, 0.05) is 66.3 Å². The van der Waals surface area contributed by atoms with Gasteiger partial charge >= 0.3 is 18.0 Å². The van der Waals surface area contributed by atoms with E-state index >= 15 is 0 Å². The van der Waals surface area contributed by atoms with Gasteiger partial charge in [-0.05, 0) is 35.7 Å². The summed E-state index contributed by atoms with van der Waals surface area (Å²) in [6, 6.07) is 10.4. The molecule has 2 saturated heterocycles. The van der Waals surface area contributed by atoms with Gasteiger partial charge in [-0.1, -0.05) is 36.7 Å². The van der Waals surface area contributed by atoms with E-state index in [1.54, 1.807) is 11.1 Å². The number of carbonyl (C=O) groups is 3. The van der Waals surface area contributed by atoms with Crippen LogP contribution in [0.15, 0.2) is 70.3 Å². The molecule has 0 bridgehead atoms. The number of amidine groups is 1. The van der Waals surface area contributed by atoms with E-state index in [2.05, 4.69) is 15.2 Å². The number of carboxylic acid groups (broad SMARTS) is 1. The Hall–Kier alpha value is -4.33. The Morgan fingerprint density at radius 1 is 1.20 bits per heavy atom. The maximum Gasteiger partial charge on any atom is 0.338 e. The van der Waals surface area contributed by atoms with Gasteiger partial charge in [-0.3, -0.25) is 19.6 Å². The van der Waals surface area contributed by atoms with Crippen LogP contribution in [0.3, 0.4) is 0 Å². The summed E-state index contributed by atoms with van der Waals surface area (Å²) in [5.74, 6) is -1.62. The molecule has 0 spiro atoms. The van der Waals surface area contributed by atoms with Crippen LogP contribution in [0.4, 0.5) is 14.9 Å². The molecule has 46 heavy (non-hydrogen) atoms. The molecule has 240 valence electrons. The summed E-state index contributed by atoms with van der Waals surface area (Å²) in [5.41, 5.74) is 2.95. The van der Waals surface area contributed by atoms with Crippen molar-refractivity contribution in [2.75, 3.05) is 44.7 Å². The van der Waals surface area contributed by atoms with Crippen molar-refractivity contribution in [1.82, 2.24) is 20.1 Å². The Bertz CT molecular complexity index is 1720. The molecule has 4 heterocycles. The molecule has 2 amide bonds. The normalized spacial score (nSPS) is 20.7. The highest BCUT2D eigenvalue weighted by molar-refractivity contribution is 7.11. The number of carbonyl (C=O) groups excluding carboxylic acids is 2. The van der Waals surface area contributed by atoms with Crippen LogP contribution in [0.25, 0.3) is 0 Å². The van der Waals surface area contributed by atoms with Gasteiger partial charge in [-0.2, -0.15) is 0 Å². The number of fused-ring (bicyclic) bond motifs is 1. The zero-order valence-corrected chi connectivity index (χ0v) is 26.7. The zero-order chi connectivity index (χ0) is 32.5. The predicted molar refractivity (Wildman–Crippen MR) is 172 cm³/mol. The summed E-state index contributed by atoms with van der Waals surface area (Å²) >= 11 is 7.86. The van der Waals surface area contributed by atoms with Crippen molar-refractivity contribution in [3.63, 3.8) is 0 Å². The number of ether oxygens (including phenoxy) is 1. The molecule has 0 aliphatic carbocycles. The van der Waals surface area contributed by atoms with E-state index in [1.165, 1.54) is 36.6 Å². The number of nitrogens with one attached hydrogen (secondary N) is 1. The minimum absolute atomic E-state index is 0.0333. The number of amides is 2. The number of carboxylic acids is 1. The highest BCUT2D eigenvalue weighted by Gasteiger charge is 2.42. The molecule has 2 N–H and O–H groups in total. The maximum atomic E-state index is 14.0. The zero-order valence-electron chi connectivity index (χ0n) is 25.2. The molecule has 3 aliphatic heterocycles. The Morgan fingerprint density at radius 3 is 2.65 bits per heavy atom. The average Bonchev–Trinajstić information content (AvgIpc) is 3.69. The summed E-state index contributed by atoms with van der Waals surface area (Å²) in [6.07, 6.45) is 1.70.